The van der Waals surface area contributed by atoms with Crippen LogP contribution in [0.15, 0.2) is 48.7 Å². The van der Waals surface area contributed by atoms with Crippen molar-refractivity contribution in [1.29, 1.82) is 0 Å². The zero-order chi connectivity index (χ0) is 20.6. The van der Waals surface area contributed by atoms with Gasteiger partial charge in [0, 0.05) is 37.3 Å². The van der Waals surface area contributed by atoms with Crippen molar-refractivity contribution in [1.82, 2.24) is 14.3 Å². The highest BCUT2D eigenvalue weighted by Crippen LogP contribution is 2.35. The Morgan fingerprint density at radius 2 is 1.86 bits per heavy atom. The molecule has 3 aromatic rings. The molecule has 1 fully saturated rings. The number of hydrogen-bond donors (Lipinski definition) is 0. The van der Waals surface area contributed by atoms with Crippen molar-refractivity contribution in [2.24, 2.45) is 0 Å². The zero-order valence-corrected chi connectivity index (χ0v) is 16.1. The maximum Gasteiger partial charge on any atom is 0.416 e. The number of aryl methyl sites for hydroxylation is 1. The van der Waals surface area contributed by atoms with Gasteiger partial charge in [-0.3, -0.25) is 4.79 Å². The summed E-state index contributed by atoms with van der Waals surface area (Å²) in [6.45, 7) is 3.34. The van der Waals surface area contributed by atoms with Crippen molar-refractivity contribution >= 4 is 11.6 Å². The second-order valence-electron chi connectivity index (χ2n) is 7.51. The summed E-state index contributed by atoms with van der Waals surface area (Å²) in [6, 6.07) is 10.9. The molecule has 1 amide bonds. The van der Waals surface area contributed by atoms with Crippen LogP contribution in [-0.4, -0.2) is 33.3 Å². The van der Waals surface area contributed by atoms with Crippen LogP contribution in [0.2, 0.25) is 0 Å². The predicted octanol–water partition coefficient (Wildman–Crippen LogP) is 4.81. The molecule has 0 saturated carbocycles. The fourth-order valence-electron chi connectivity index (χ4n) is 4.07. The molecule has 4 rings (SSSR count). The number of fused-ring (bicyclic) bond motifs is 1. The van der Waals surface area contributed by atoms with E-state index in [1.807, 2.05) is 29.5 Å². The number of imidazole rings is 1. The summed E-state index contributed by atoms with van der Waals surface area (Å²) in [5.74, 6) is -0.546. The maximum absolute atomic E-state index is 13.3. The number of carbonyl (C=O) groups is 1. The van der Waals surface area contributed by atoms with Crippen molar-refractivity contribution in [3.8, 4) is 0 Å². The number of likely N-dealkylation sites (tertiary alicyclic amines) is 1. The summed E-state index contributed by atoms with van der Waals surface area (Å²) >= 11 is 0. The van der Waals surface area contributed by atoms with E-state index in [9.17, 15) is 18.0 Å². The Morgan fingerprint density at radius 3 is 2.59 bits per heavy atom. The maximum atomic E-state index is 13.3. The third kappa shape index (κ3) is 3.86. The van der Waals surface area contributed by atoms with Crippen LogP contribution in [0, 0.1) is 6.92 Å². The predicted molar refractivity (Wildman–Crippen MR) is 104 cm³/mol. The first kappa shape index (κ1) is 19.5. The third-order valence-electron chi connectivity index (χ3n) is 5.56. The molecule has 3 heterocycles. The minimum absolute atomic E-state index is 0.0338. The first-order chi connectivity index (χ1) is 13.8. The quantitative estimate of drug-likeness (QED) is 0.629. The molecule has 1 saturated heterocycles. The minimum atomic E-state index is -4.44. The molecule has 0 radical (unpaired) electrons. The highest BCUT2D eigenvalue weighted by Gasteiger charge is 2.32. The first-order valence-corrected chi connectivity index (χ1v) is 9.72. The molecule has 0 bridgehead atoms. The molecule has 1 aliphatic heterocycles. The molecule has 29 heavy (non-hydrogen) atoms. The number of amides is 1. The van der Waals surface area contributed by atoms with Gasteiger partial charge in [-0.1, -0.05) is 24.3 Å². The number of halogens is 3. The lowest BCUT2D eigenvalue weighted by molar-refractivity contribution is -0.137. The van der Waals surface area contributed by atoms with E-state index in [0.29, 0.717) is 24.3 Å². The molecular weight excluding hydrogens is 379 g/mol. The Hall–Kier alpha value is -2.83. The fraction of sp³-hybridized carbons (Fsp3) is 0.364. The SMILES string of the molecule is Cc1cccc2ncc(C(CC(=O)N3CCCC3)c3cccc(C(F)(F)F)c3)n12. The summed E-state index contributed by atoms with van der Waals surface area (Å²) < 4.78 is 41.8. The van der Waals surface area contributed by atoms with E-state index in [-0.39, 0.29) is 12.3 Å². The van der Waals surface area contributed by atoms with Gasteiger partial charge in [0.25, 0.3) is 0 Å². The van der Waals surface area contributed by atoms with Crippen molar-refractivity contribution < 1.29 is 18.0 Å². The van der Waals surface area contributed by atoms with Gasteiger partial charge < -0.3 is 9.30 Å². The molecule has 1 unspecified atom stereocenters. The first-order valence-electron chi connectivity index (χ1n) is 9.72. The van der Waals surface area contributed by atoms with Gasteiger partial charge >= 0.3 is 6.18 Å². The van der Waals surface area contributed by atoms with Crippen LogP contribution in [0.4, 0.5) is 13.2 Å². The monoisotopic (exact) mass is 401 g/mol. The van der Waals surface area contributed by atoms with Gasteiger partial charge in [0.2, 0.25) is 5.91 Å². The molecule has 1 aliphatic rings. The van der Waals surface area contributed by atoms with Gasteiger partial charge in [0.1, 0.15) is 5.65 Å². The number of alkyl halides is 3. The standard InChI is InChI=1S/C22H22F3N3O/c1-15-6-4-9-20-26-14-19(28(15)20)18(13-21(29)27-10-2-3-11-27)16-7-5-8-17(12-16)22(23,24)25/h4-9,12,14,18H,2-3,10-11,13H2,1H3. The van der Waals surface area contributed by atoms with Crippen LogP contribution in [0.5, 0.6) is 0 Å². The fourth-order valence-corrected chi connectivity index (χ4v) is 4.07. The summed E-state index contributed by atoms with van der Waals surface area (Å²) in [5.41, 5.74) is 2.12. The number of aromatic nitrogens is 2. The van der Waals surface area contributed by atoms with Crippen LogP contribution in [0.25, 0.3) is 5.65 Å². The van der Waals surface area contributed by atoms with Crippen molar-refractivity contribution in [2.75, 3.05) is 13.1 Å². The van der Waals surface area contributed by atoms with Gasteiger partial charge in [0.15, 0.2) is 0 Å². The van der Waals surface area contributed by atoms with Crippen LogP contribution >= 0.6 is 0 Å². The van der Waals surface area contributed by atoms with E-state index in [4.69, 9.17) is 0 Å². The highest BCUT2D eigenvalue weighted by atomic mass is 19.4. The highest BCUT2D eigenvalue weighted by molar-refractivity contribution is 5.78. The summed E-state index contributed by atoms with van der Waals surface area (Å²) in [5, 5.41) is 0. The second kappa shape index (κ2) is 7.54. The van der Waals surface area contributed by atoms with Gasteiger partial charge in [-0.05, 0) is 43.5 Å². The van der Waals surface area contributed by atoms with E-state index in [0.717, 1.165) is 36.4 Å². The van der Waals surface area contributed by atoms with Crippen molar-refractivity contribution in [2.45, 2.75) is 38.3 Å². The van der Waals surface area contributed by atoms with Crippen LogP contribution < -0.4 is 0 Å². The Kier molecular flexibility index (Phi) is 5.06. The number of benzene rings is 1. The molecular formula is C22H22F3N3O. The summed E-state index contributed by atoms with van der Waals surface area (Å²) in [6.07, 6.45) is -0.716. The second-order valence-corrected chi connectivity index (χ2v) is 7.51. The molecule has 2 aromatic heterocycles. The zero-order valence-electron chi connectivity index (χ0n) is 16.1. The summed E-state index contributed by atoms with van der Waals surface area (Å²) in [4.78, 5) is 19.1. The number of rotatable bonds is 4. The smallest absolute Gasteiger partial charge is 0.343 e. The molecule has 0 spiro atoms. The lowest BCUT2D eigenvalue weighted by Crippen LogP contribution is -2.29. The van der Waals surface area contributed by atoms with E-state index in [1.165, 1.54) is 6.07 Å². The van der Waals surface area contributed by atoms with E-state index in [2.05, 4.69) is 4.98 Å². The topological polar surface area (TPSA) is 37.6 Å². The third-order valence-corrected chi connectivity index (χ3v) is 5.56. The average Bonchev–Trinajstić information content (AvgIpc) is 3.36. The van der Waals surface area contributed by atoms with Crippen LogP contribution in [0.1, 0.15) is 47.7 Å². The number of hydrogen-bond acceptors (Lipinski definition) is 2. The summed E-state index contributed by atoms with van der Waals surface area (Å²) in [7, 11) is 0. The molecule has 7 heteroatoms. The van der Waals surface area contributed by atoms with Gasteiger partial charge in [-0.2, -0.15) is 13.2 Å². The van der Waals surface area contributed by atoms with Crippen molar-refractivity contribution in [3.63, 3.8) is 0 Å². The van der Waals surface area contributed by atoms with E-state index >= 15 is 0 Å². The lowest BCUT2D eigenvalue weighted by atomic mass is 9.90. The molecule has 0 N–H and O–H groups in total. The molecule has 1 atom stereocenters. The Labute approximate surface area is 167 Å². The lowest BCUT2D eigenvalue weighted by Gasteiger charge is -2.22. The van der Waals surface area contributed by atoms with Gasteiger partial charge in [0.05, 0.1) is 11.3 Å². The molecule has 152 valence electrons. The molecule has 4 nitrogen and oxygen atoms in total. The largest absolute Gasteiger partial charge is 0.416 e. The number of carbonyl (C=O) groups excluding carboxylic acids is 1. The van der Waals surface area contributed by atoms with Crippen molar-refractivity contribution in [3.05, 3.63) is 71.2 Å². The minimum Gasteiger partial charge on any atom is -0.343 e. The average molecular weight is 401 g/mol. The van der Waals surface area contributed by atoms with E-state index < -0.39 is 17.7 Å². The van der Waals surface area contributed by atoms with Crippen LogP contribution in [0.3, 0.4) is 0 Å². The van der Waals surface area contributed by atoms with Gasteiger partial charge in [-0.25, -0.2) is 4.98 Å². The number of nitrogens with zero attached hydrogens (tertiary/aromatic N) is 3. The molecule has 0 aliphatic carbocycles. The number of pyridine rings is 1. The van der Waals surface area contributed by atoms with Crippen LogP contribution in [-0.2, 0) is 11.0 Å². The molecule has 1 aromatic carbocycles. The Balaban J connectivity index is 1.80. The van der Waals surface area contributed by atoms with Gasteiger partial charge in [-0.15, -0.1) is 0 Å². The Bertz CT molecular complexity index is 1040. The normalized spacial score (nSPS) is 15.8. The Morgan fingerprint density at radius 1 is 1.14 bits per heavy atom. The van der Waals surface area contributed by atoms with E-state index in [1.54, 1.807) is 17.2 Å².